The standard InChI is InChI=1S/C55H34N6/c1-5-18-35(19-6-1)49-56-50(36-20-7-2-8-21-36)59-53(58-49)39-32-33-41-40-26-13-15-29-44(40)55(47(41)34-39)45-30-16-14-27-42(45)48-43(28-17-31-46(48)55)54-60-51(37-22-9-3-10-23-37)57-52(61-54)38-24-11-4-12-25-38/h1-34H. The summed E-state index contributed by atoms with van der Waals surface area (Å²) in [5, 5.41) is 0. The first kappa shape index (κ1) is 34.8. The van der Waals surface area contributed by atoms with Crippen molar-refractivity contribution in [3.63, 3.8) is 0 Å². The van der Waals surface area contributed by atoms with Crippen LogP contribution in [0.4, 0.5) is 0 Å². The van der Waals surface area contributed by atoms with Gasteiger partial charge in [-0.25, -0.2) is 29.9 Å². The van der Waals surface area contributed by atoms with Crippen molar-refractivity contribution in [1.82, 2.24) is 29.9 Å². The zero-order chi connectivity index (χ0) is 40.3. The third-order valence-corrected chi connectivity index (χ3v) is 12.0. The normalized spacial score (nSPS) is 14.3. The van der Waals surface area contributed by atoms with E-state index < -0.39 is 5.41 Å². The first-order valence-corrected chi connectivity index (χ1v) is 20.5. The van der Waals surface area contributed by atoms with Crippen LogP contribution in [-0.2, 0) is 5.41 Å². The van der Waals surface area contributed by atoms with E-state index >= 15 is 0 Å². The van der Waals surface area contributed by atoms with Gasteiger partial charge in [0.1, 0.15) is 0 Å². The molecule has 2 aromatic heterocycles. The molecule has 1 spiro atoms. The van der Waals surface area contributed by atoms with Gasteiger partial charge in [0.15, 0.2) is 34.9 Å². The zero-order valence-corrected chi connectivity index (χ0v) is 32.8. The maximum absolute atomic E-state index is 5.23. The number of hydrogen-bond donors (Lipinski definition) is 0. The number of nitrogens with zero attached hydrogens (tertiary/aromatic N) is 6. The third kappa shape index (κ3) is 5.50. The van der Waals surface area contributed by atoms with Crippen LogP contribution in [0.25, 0.3) is 90.6 Å². The number of rotatable bonds is 6. The van der Waals surface area contributed by atoms with Crippen LogP contribution in [0.5, 0.6) is 0 Å². The molecular weight excluding hydrogens is 745 g/mol. The highest BCUT2D eigenvalue weighted by Crippen LogP contribution is 2.64. The summed E-state index contributed by atoms with van der Waals surface area (Å²) in [5.74, 6) is 3.77. The first-order chi connectivity index (χ1) is 30.2. The quantitative estimate of drug-likeness (QED) is 0.167. The molecule has 0 fully saturated rings. The number of aromatic nitrogens is 6. The maximum Gasteiger partial charge on any atom is 0.164 e. The molecule has 10 aromatic rings. The minimum atomic E-state index is -0.640. The fourth-order valence-electron chi connectivity index (χ4n) is 9.38. The second-order valence-corrected chi connectivity index (χ2v) is 15.4. The van der Waals surface area contributed by atoms with Crippen LogP contribution in [0, 0.1) is 0 Å². The summed E-state index contributed by atoms with van der Waals surface area (Å²) in [6.07, 6.45) is 0. The van der Waals surface area contributed by atoms with Gasteiger partial charge in [-0.2, -0.15) is 0 Å². The fourth-order valence-corrected chi connectivity index (χ4v) is 9.38. The molecule has 12 rings (SSSR count). The van der Waals surface area contributed by atoms with Gasteiger partial charge < -0.3 is 0 Å². The second-order valence-electron chi connectivity index (χ2n) is 15.4. The summed E-state index contributed by atoms with van der Waals surface area (Å²) in [5.41, 5.74) is 14.5. The summed E-state index contributed by atoms with van der Waals surface area (Å²) in [6.45, 7) is 0. The van der Waals surface area contributed by atoms with Crippen LogP contribution in [-0.4, -0.2) is 29.9 Å². The van der Waals surface area contributed by atoms with Crippen molar-refractivity contribution in [3.8, 4) is 90.6 Å². The van der Waals surface area contributed by atoms with Gasteiger partial charge in [0.2, 0.25) is 0 Å². The van der Waals surface area contributed by atoms with Crippen LogP contribution in [0.3, 0.4) is 0 Å². The van der Waals surface area contributed by atoms with Gasteiger partial charge >= 0.3 is 0 Å². The Balaban J connectivity index is 1.11. The molecule has 284 valence electrons. The van der Waals surface area contributed by atoms with E-state index in [1.54, 1.807) is 0 Å². The lowest BCUT2D eigenvalue weighted by molar-refractivity contribution is 0.794. The molecule has 0 bridgehead atoms. The van der Waals surface area contributed by atoms with Gasteiger partial charge in [-0.3, -0.25) is 0 Å². The number of fused-ring (bicyclic) bond motifs is 10. The third-order valence-electron chi connectivity index (χ3n) is 12.0. The van der Waals surface area contributed by atoms with Crippen LogP contribution in [0.1, 0.15) is 22.3 Å². The van der Waals surface area contributed by atoms with E-state index in [-0.39, 0.29) is 0 Å². The highest BCUT2D eigenvalue weighted by molar-refractivity contribution is 5.99. The summed E-state index contributed by atoms with van der Waals surface area (Å²) < 4.78 is 0. The van der Waals surface area contributed by atoms with E-state index in [0.29, 0.717) is 34.9 Å². The average Bonchev–Trinajstić information content (AvgIpc) is 3.82. The Labute approximate surface area is 353 Å². The van der Waals surface area contributed by atoms with Crippen molar-refractivity contribution in [2.24, 2.45) is 0 Å². The molecule has 8 aromatic carbocycles. The van der Waals surface area contributed by atoms with Crippen molar-refractivity contribution in [1.29, 1.82) is 0 Å². The van der Waals surface area contributed by atoms with Crippen LogP contribution in [0.2, 0.25) is 0 Å². The fraction of sp³-hybridized carbons (Fsp3) is 0.0182. The predicted molar refractivity (Wildman–Crippen MR) is 242 cm³/mol. The molecule has 0 N–H and O–H groups in total. The SMILES string of the molecule is c1ccc(-c2nc(-c3ccccc3)nc(-c3ccc4c(c3)C3(c5ccccc5-4)c4ccccc4-c4c(-c5nc(-c6ccccc6)nc(-c6ccccc6)n5)cccc43)n2)cc1. The van der Waals surface area contributed by atoms with Gasteiger partial charge in [-0.15, -0.1) is 0 Å². The minimum absolute atomic E-state index is 0.619. The van der Waals surface area contributed by atoms with Crippen LogP contribution >= 0.6 is 0 Å². The maximum atomic E-state index is 5.23. The largest absolute Gasteiger partial charge is 0.208 e. The van der Waals surface area contributed by atoms with Gasteiger partial charge in [0.25, 0.3) is 0 Å². The Morgan fingerprint density at radius 1 is 0.230 bits per heavy atom. The molecule has 2 aliphatic carbocycles. The second kappa shape index (κ2) is 14.0. The molecule has 61 heavy (non-hydrogen) atoms. The van der Waals surface area contributed by atoms with Gasteiger partial charge in [-0.05, 0) is 50.6 Å². The van der Waals surface area contributed by atoms with Crippen molar-refractivity contribution >= 4 is 0 Å². The molecule has 2 aliphatic rings. The lowest BCUT2D eigenvalue weighted by Crippen LogP contribution is -2.26. The molecule has 0 aliphatic heterocycles. The first-order valence-electron chi connectivity index (χ1n) is 20.5. The highest BCUT2D eigenvalue weighted by Gasteiger charge is 2.52. The van der Waals surface area contributed by atoms with Crippen LogP contribution < -0.4 is 0 Å². The molecular formula is C55H34N6. The van der Waals surface area contributed by atoms with Gasteiger partial charge in [0.05, 0.1) is 5.41 Å². The van der Waals surface area contributed by atoms with E-state index in [1.165, 1.54) is 33.4 Å². The molecule has 6 heteroatoms. The smallest absolute Gasteiger partial charge is 0.164 e. The van der Waals surface area contributed by atoms with E-state index in [0.717, 1.165) is 44.5 Å². The summed E-state index contributed by atoms with van der Waals surface area (Å²) in [6, 6.07) is 71.6. The number of benzene rings is 8. The van der Waals surface area contributed by atoms with E-state index in [9.17, 15) is 0 Å². The molecule has 0 saturated heterocycles. The zero-order valence-electron chi connectivity index (χ0n) is 32.8. The molecule has 0 radical (unpaired) electrons. The lowest BCUT2D eigenvalue weighted by Gasteiger charge is -2.30. The van der Waals surface area contributed by atoms with Crippen molar-refractivity contribution in [2.45, 2.75) is 5.41 Å². The summed E-state index contributed by atoms with van der Waals surface area (Å²) in [7, 11) is 0. The number of hydrogen-bond acceptors (Lipinski definition) is 6. The molecule has 1 unspecified atom stereocenters. The van der Waals surface area contributed by atoms with E-state index in [2.05, 4.69) is 109 Å². The topological polar surface area (TPSA) is 77.3 Å². The Kier molecular flexibility index (Phi) is 7.96. The molecule has 6 nitrogen and oxygen atoms in total. The minimum Gasteiger partial charge on any atom is -0.208 e. The monoisotopic (exact) mass is 778 g/mol. The van der Waals surface area contributed by atoms with E-state index in [4.69, 9.17) is 29.9 Å². The Hall–Kier alpha value is -8.22. The highest BCUT2D eigenvalue weighted by atomic mass is 15.0. The van der Waals surface area contributed by atoms with Gasteiger partial charge in [0, 0.05) is 33.4 Å². The molecule has 2 heterocycles. The molecule has 0 amide bonds. The van der Waals surface area contributed by atoms with Crippen molar-refractivity contribution in [2.75, 3.05) is 0 Å². The van der Waals surface area contributed by atoms with Gasteiger partial charge in [-0.1, -0.05) is 200 Å². The Morgan fingerprint density at radius 2 is 0.590 bits per heavy atom. The summed E-state index contributed by atoms with van der Waals surface area (Å²) in [4.78, 5) is 30.8. The molecule has 0 saturated carbocycles. The Morgan fingerprint density at radius 3 is 1.10 bits per heavy atom. The van der Waals surface area contributed by atoms with Crippen molar-refractivity contribution < 1.29 is 0 Å². The van der Waals surface area contributed by atoms with E-state index in [1.807, 2.05) is 97.1 Å². The summed E-state index contributed by atoms with van der Waals surface area (Å²) >= 11 is 0. The van der Waals surface area contributed by atoms with Crippen molar-refractivity contribution in [3.05, 3.63) is 229 Å². The lowest BCUT2D eigenvalue weighted by atomic mass is 9.70. The average molecular weight is 779 g/mol. The Bertz CT molecular complexity index is 3180. The van der Waals surface area contributed by atoms with Crippen LogP contribution in [0.15, 0.2) is 206 Å². The predicted octanol–water partition coefficient (Wildman–Crippen LogP) is 12.4. The molecule has 1 atom stereocenters.